The summed E-state index contributed by atoms with van der Waals surface area (Å²) in [4.78, 5) is 18.1. The van der Waals surface area contributed by atoms with Crippen molar-refractivity contribution in [1.82, 2.24) is 9.80 Å². The molecule has 4 aliphatic rings. The van der Waals surface area contributed by atoms with E-state index in [1.807, 2.05) is 0 Å². The first-order valence-electron chi connectivity index (χ1n) is 11.9. The quantitative estimate of drug-likeness (QED) is 0.708. The number of hydrogen-bond acceptors (Lipinski definition) is 2. The fourth-order valence-electron chi connectivity index (χ4n) is 8.54. The average Bonchev–Trinajstić information content (AvgIpc) is 2.99. The predicted molar refractivity (Wildman–Crippen MR) is 111 cm³/mol. The van der Waals surface area contributed by atoms with E-state index in [0.717, 1.165) is 43.3 Å². The molecule has 3 aliphatic carbocycles. The van der Waals surface area contributed by atoms with Gasteiger partial charge in [0.15, 0.2) is 0 Å². The molecule has 0 radical (unpaired) electrons. The van der Waals surface area contributed by atoms with Crippen LogP contribution in [0.5, 0.6) is 0 Å². The predicted octanol–water partition coefficient (Wildman–Crippen LogP) is 4.81. The molecule has 0 aromatic carbocycles. The Hall–Kier alpha value is -0.570. The van der Waals surface area contributed by atoms with Gasteiger partial charge in [-0.1, -0.05) is 13.8 Å². The van der Waals surface area contributed by atoms with Crippen LogP contribution >= 0.6 is 0 Å². The molecular weight excluding hydrogens is 332 g/mol. The molecule has 3 nitrogen and oxygen atoms in total. The van der Waals surface area contributed by atoms with E-state index in [1.165, 1.54) is 51.5 Å². The standard InChI is InChI=1S/C24H42N2O/c1-6-26(7-2)22(27)20-11-10-18-17-9-12-21-24(4,14-8-16-25(21)5)19(17)13-15-23(18,20)3/h17-21H,6-16H2,1-5H3/t17-,18-,19+,20?,21?,23-,24+/m0/s1. The number of piperidine rings is 1. The lowest BCUT2D eigenvalue weighted by molar-refractivity contribution is -0.147. The molecule has 154 valence electrons. The van der Waals surface area contributed by atoms with E-state index in [2.05, 4.69) is 44.5 Å². The number of hydrogen-bond donors (Lipinski definition) is 0. The fraction of sp³-hybridized carbons (Fsp3) is 0.958. The second-order valence-electron chi connectivity index (χ2n) is 10.7. The maximum atomic E-state index is 13.3. The van der Waals surface area contributed by atoms with Gasteiger partial charge in [0, 0.05) is 25.0 Å². The molecule has 1 amide bonds. The summed E-state index contributed by atoms with van der Waals surface area (Å²) in [6.45, 7) is 12.4. The van der Waals surface area contributed by atoms with Crippen molar-refractivity contribution in [2.24, 2.45) is 34.5 Å². The zero-order chi connectivity index (χ0) is 19.4. The number of rotatable bonds is 3. The highest BCUT2D eigenvalue weighted by Gasteiger charge is 2.61. The van der Waals surface area contributed by atoms with Crippen molar-refractivity contribution in [3.8, 4) is 0 Å². The molecule has 0 spiro atoms. The molecule has 1 saturated heterocycles. The normalized spacial score (nSPS) is 47.1. The highest BCUT2D eigenvalue weighted by atomic mass is 16.2. The van der Waals surface area contributed by atoms with Crippen molar-refractivity contribution in [3.63, 3.8) is 0 Å². The van der Waals surface area contributed by atoms with E-state index in [9.17, 15) is 4.79 Å². The van der Waals surface area contributed by atoms with Crippen LogP contribution < -0.4 is 0 Å². The minimum Gasteiger partial charge on any atom is -0.343 e. The van der Waals surface area contributed by atoms with Gasteiger partial charge in [-0.2, -0.15) is 0 Å². The molecule has 4 fully saturated rings. The summed E-state index contributed by atoms with van der Waals surface area (Å²) in [5.74, 6) is 3.28. The Labute approximate surface area is 167 Å². The van der Waals surface area contributed by atoms with Crippen molar-refractivity contribution in [1.29, 1.82) is 0 Å². The Morgan fingerprint density at radius 1 is 0.963 bits per heavy atom. The van der Waals surface area contributed by atoms with Gasteiger partial charge >= 0.3 is 0 Å². The Kier molecular flexibility index (Phi) is 5.15. The number of likely N-dealkylation sites (tertiary alicyclic amines) is 1. The van der Waals surface area contributed by atoms with E-state index in [4.69, 9.17) is 0 Å². The third kappa shape index (κ3) is 2.81. The first-order chi connectivity index (χ1) is 12.9. The molecule has 0 bridgehead atoms. The largest absolute Gasteiger partial charge is 0.343 e. The van der Waals surface area contributed by atoms with Crippen LogP contribution in [0.4, 0.5) is 0 Å². The summed E-state index contributed by atoms with van der Waals surface area (Å²) in [5, 5.41) is 0. The highest BCUT2D eigenvalue weighted by molar-refractivity contribution is 5.80. The topological polar surface area (TPSA) is 23.6 Å². The van der Waals surface area contributed by atoms with Crippen LogP contribution in [0.15, 0.2) is 0 Å². The van der Waals surface area contributed by atoms with E-state index >= 15 is 0 Å². The lowest BCUT2D eigenvalue weighted by atomic mass is 9.47. The van der Waals surface area contributed by atoms with Crippen LogP contribution in [0.2, 0.25) is 0 Å². The van der Waals surface area contributed by atoms with Crippen LogP contribution in [-0.4, -0.2) is 48.4 Å². The van der Waals surface area contributed by atoms with Crippen LogP contribution in [0.25, 0.3) is 0 Å². The Balaban J connectivity index is 1.58. The monoisotopic (exact) mass is 374 g/mol. The van der Waals surface area contributed by atoms with Crippen LogP contribution in [0.3, 0.4) is 0 Å². The molecule has 7 atom stereocenters. The number of carbonyl (C=O) groups is 1. The SMILES string of the molecule is CCN(CC)C(=O)C1CC[C@H]2[C@@H]3CCC4N(C)CCC[C@]4(C)[C@@H]3CC[C@]12C. The summed E-state index contributed by atoms with van der Waals surface area (Å²) in [5.41, 5.74) is 0.767. The minimum atomic E-state index is 0.255. The van der Waals surface area contributed by atoms with Gasteiger partial charge in [0.05, 0.1) is 0 Å². The molecular formula is C24H42N2O. The van der Waals surface area contributed by atoms with Gasteiger partial charge in [-0.05, 0) is 107 Å². The van der Waals surface area contributed by atoms with Crippen LogP contribution in [0, 0.1) is 34.5 Å². The smallest absolute Gasteiger partial charge is 0.226 e. The lowest BCUT2D eigenvalue weighted by Crippen LogP contribution is -2.60. The van der Waals surface area contributed by atoms with Gasteiger partial charge < -0.3 is 9.80 Å². The highest BCUT2D eigenvalue weighted by Crippen LogP contribution is 2.66. The molecule has 2 unspecified atom stereocenters. The van der Waals surface area contributed by atoms with Crippen molar-refractivity contribution in [3.05, 3.63) is 0 Å². The lowest BCUT2D eigenvalue weighted by Gasteiger charge is -2.62. The van der Waals surface area contributed by atoms with Gasteiger partial charge in [0.25, 0.3) is 0 Å². The van der Waals surface area contributed by atoms with Crippen LogP contribution in [-0.2, 0) is 4.79 Å². The summed E-state index contributed by atoms with van der Waals surface area (Å²) >= 11 is 0. The van der Waals surface area contributed by atoms with Gasteiger partial charge in [-0.25, -0.2) is 0 Å². The maximum Gasteiger partial charge on any atom is 0.226 e. The van der Waals surface area contributed by atoms with Crippen molar-refractivity contribution in [2.45, 2.75) is 85.1 Å². The minimum absolute atomic E-state index is 0.255. The van der Waals surface area contributed by atoms with E-state index in [-0.39, 0.29) is 11.3 Å². The fourth-order valence-corrected chi connectivity index (χ4v) is 8.54. The molecule has 27 heavy (non-hydrogen) atoms. The van der Waals surface area contributed by atoms with Crippen molar-refractivity contribution >= 4 is 5.91 Å². The molecule has 0 N–H and O–H groups in total. The van der Waals surface area contributed by atoms with Gasteiger partial charge in [-0.15, -0.1) is 0 Å². The number of fused-ring (bicyclic) bond motifs is 5. The zero-order valence-corrected chi connectivity index (χ0v) is 18.5. The second-order valence-corrected chi connectivity index (χ2v) is 10.7. The Morgan fingerprint density at radius 2 is 1.67 bits per heavy atom. The third-order valence-electron chi connectivity index (χ3n) is 9.95. The van der Waals surface area contributed by atoms with Crippen molar-refractivity contribution < 1.29 is 4.79 Å². The maximum absolute atomic E-state index is 13.3. The van der Waals surface area contributed by atoms with E-state index < -0.39 is 0 Å². The van der Waals surface area contributed by atoms with Gasteiger partial charge in [-0.3, -0.25) is 4.79 Å². The Morgan fingerprint density at radius 3 is 2.37 bits per heavy atom. The van der Waals surface area contributed by atoms with Gasteiger partial charge in [0.2, 0.25) is 5.91 Å². The summed E-state index contributed by atoms with van der Waals surface area (Å²) in [6, 6.07) is 0.798. The molecule has 1 aliphatic heterocycles. The zero-order valence-electron chi connectivity index (χ0n) is 18.5. The third-order valence-corrected chi connectivity index (χ3v) is 9.95. The Bertz CT molecular complexity index is 573. The first kappa shape index (κ1) is 19.7. The average molecular weight is 375 g/mol. The molecule has 3 saturated carbocycles. The first-order valence-corrected chi connectivity index (χ1v) is 11.9. The van der Waals surface area contributed by atoms with E-state index in [0.29, 0.717) is 11.3 Å². The summed E-state index contributed by atoms with van der Waals surface area (Å²) in [6.07, 6.45) is 10.7. The van der Waals surface area contributed by atoms with E-state index in [1.54, 1.807) is 0 Å². The molecule has 0 aromatic rings. The number of nitrogens with zero attached hydrogens (tertiary/aromatic N) is 2. The van der Waals surface area contributed by atoms with Crippen molar-refractivity contribution in [2.75, 3.05) is 26.7 Å². The van der Waals surface area contributed by atoms with Crippen LogP contribution in [0.1, 0.15) is 79.1 Å². The summed E-state index contributed by atoms with van der Waals surface area (Å²) in [7, 11) is 2.36. The number of carbonyl (C=O) groups excluding carboxylic acids is 1. The molecule has 4 rings (SSSR count). The number of amides is 1. The van der Waals surface area contributed by atoms with Gasteiger partial charge in [0.1, 0.15) is 0 Å². The molecule has 0 aromatic heterocycles. The molecule has 3 heteroatoms. The summed E-state index contributed by atoms with van der Waals surface area (Å²) < 4.78 is 0. The molecule has 1 heterocycles. The second kappa shape index (κ2) is 7.04.